The molecule has 1 N–H and O–H groups in total. The maximum atomic E-state index is 12.7. The second kappa shape index (κ2) is 5.76. The average Bonchev–Trinajstić information content (AvgIpc) is 2.03. The van der Waals surface area contributed by atoms with E-state index in [-0.39, 0.29) is 25.2 Å². The Morgan fingerprint density at radius 2 is 1.85 bits per heavy atom. The normalized spacial score (nSPS) is 22.4. The molecule has 1 aliphatic rings. The van der Waals surface area contributed by atoms with Crippen LogP contribution in [0.2, 0.25) is 0 Å². The first kappa shape index (κ1) is 13.1. The smallest absolute Gasteiger partial charge is 0.248 e. The van der Waals surface area contributed by atoms with Crippen LogP contribution in [0.1, 0.15) is 32.1 Å². The van der Waals surface area contributed by atoms with Gasteiger partial charge in [0.1, 0.15) is 0 Å². The Morgan fingerprint density at radius 3 is 2.31 bits per heavy atom. The summed E-state index contributed by atoms with van der Waals surface area (Å²) < 4.78 is 25.4. The van der Waals surface area contributed by atoms with Crippen molar-refractivity contribution in [3.05, 3.63) is 0 Å². The monoisotopic (exact) mass is 213 g/mol. The van der Waals surface area contributed by atoms with Gasteiger partial charge in [-0.2, -0.15) is 0 Å². The molecule has 1 saturated carbocycles. The first-order valence-electron chi connectivity index (χ1n) is 4.66. The zero-order valence-corrected chi connectivity index (χ0v) is 8.80. The van der Waals surface area contributed by atoms with E-state index in [1.165, 1.54) is 0 Å². The van der Waals surface area contributed by atoms with Crippen molar-refractivity contribution in [2.45, 2.75) is 38.0 Å². The second-order valence-electron chi connectivity index (χ2n) is 3.69. The summed E-state index contributed by atoms with van der Waals surface area (Å²) in [7, 11) is 1.90. The summed E-state index contributed by atoms with van der Waals surface area (Å²) in [5.74, 6) is -1.84. The molecule has 0 radical (unpaired) electrons. The van der Waals surface area contributed by atoms with Gasteiger partial charge in [0.15, 0.2) is 0 Å². The van der Waals surface area contributed by atoms with Crippen LogP contribution < -0.4 is 5.32 Å². The van der Waals surface area contributed by atoms with Crippen LogP contribution in [0, 0.1) is 5.92 Å². The molecule has 0 heterocycles. The zero-order valence-electron chi connectivity index (χ0n) is 7.98. The van der Waals surface area contributed by atoms with Gasteiger partial charge in [0, 0.05) is 12.8 Å². The van der Waals surface area contributed by atoms with E-state index in [1.54, 1.807) is 0 Å². The van der Waals surface area contributed by atoms with Crippen LogP contribution in [0.3, 0.4) is 0 Å². The highest BCUT2D eigenvalue weighted by molar-refractivity contribution is 5.85. The summed E-state index contributed by atoms with van der Waals surface area (Å²) in [5.41, 5.74) is 0. The van der Waals surface area contributed by atoms with E-state index in [0.29, 0.717) is 18.8 Å². The van der Waals surface area contributed by atoms with Gasteiger partial charge in [0.05, 0.1) is 0 Å². The Balaban J connectivity index is 0.00000144. The minimum Gasteiger partial charge on any atom is -0.320 e. The molecule has 0 aromatic rings. The molecule has 0 amide bonds. The molecule has 0 spiro atoms. The largest absolute Gasteiger partial charge is 0.320 e. The molecule has 1 aliphatic carbocycles. The Hall–Kier alpha value is 0.110. The predicted molar refractivity (Wildman–Crippen MR) is 52.7 cm³/mol. The molecule has 80 valence electrons. The summed E-state index contributed by atoms with van der Waals surface area (Å²) in [6.07, 6.45) is 2.65. The third-order valence-electron chi connectivity index (χ3n) is 2.64. The molecule has 0 unspecified atom stereocenters. The van der Waals surface area contributed by atoms with Crippen LogP contribution >= 0.6 is 12.4 Å². The van der Waals surface area contributed by atoms with E-state index in [9.17, 15) is 8.78 Å². The number of hydrogen-bond acceptors (Lipinski definition) is 1. The quantitative estimate of drug-likeness (QED) is 0.760. The van der Waals surface area contributed by atoms with Crippen molar-refractivity contribution >= 4 is 12.4 Å². The lowest BCUT2D eigenvalue weighted by atomic mass is 9.85. The van der Waals surface area contributed by atoms with Crippen molar-refractivity contribution in [2.24, 2.45) is 5.92 Å². The fraction of sp³-hybridized carbons (Fsp3) is 1.00. The third kappa shape index (κ3) is 4.77. The maximum absolute atomic E-state index is 12.7. The molecule has 13 heavy (non-hydrogen) atoms. The Kier molecular flexibility index (Phi) is 5.81. The lowest BCUT2D eigenvalue weighted by molar-refractivity contribution is -0.0463. The molecular formula is C9H18ClF2N. The van der Waals surface area contributed by atoms with E-state index in [2.05, 4.69) is 5.32 Å². The summed E-state index contributed by atoms with van der Waals surface area (Å²) in [5, 5.41) is 3.05. The molecule has 0 aromatic carbocycles. The number of hydrogen-bond donors (Lipinski definition) is 1. The summed E-state index contributed by atoms with van der Waals surface area (Å²) in [6.45, 7) is 0.955. The molecule has 0 bridgehead atoms. The SMILES string of the molecule is CNCCC1CCC(F)(F)CC1.Cl. The average molecular weight is 214 g/mol. The fourth-order valence-corrected chi connectivity index (χ4v) is 1.74. The third-order valence-corrected chi connectivity index (χ3v) is 2.64. The lowest BCUT2D eigenvalue weighted by Crippen LogP contribution is -2.26. The number of halogens is 3. The molecule has 1 rings (SSSR count). The van der Waals surface area contributed by atoms with E-state index in [1.807, 2.05) is 7.05 Å². The van der Waals surface area contributed by atoms with Crippen molar-refractivity contribution in [3.63, 3.8) is 0 Å². The minimum atomic E-state index is -2.36. The molecule has 0 aliphatic heterocycles. The Bertz CT molecular complexity index is 132. The lowest BCUT2D eigenvalue weighted by Gasteiger charge is -2.28. The van der Waals surface area contributed by atoms with Crippen LogP contribution in [-0.4, -0.2) is 19.5 Å². The first-order valence-corrected chi connectivity index (χ1v) is 4.66. The maximum Gasteiger partial charge on any atom is 0.248 e. The van der Waals surface area contributed by atoms with Crippen molar-refractivity contribution in [3.8, 4) is 0 Å². The van der Waals surface area contributed by atoms with Crippen LogP contribution in [0.25, 0.3) is 0 Å². The summed E-state index contributed by atoms with van der Waals surface area (Å²) >= 11 is 0. The molecule has 1 fully saturated rings. The first-order chi connectivity index (χ1) is 5.64. The van der Waals surface area contributed by atoms with E-state index < -0.39 is 5.92 Å². The predicted octanol–water partition coefficient (Wildman–Crippen LogP) is 2.84. The van der Waals surface area contributed by atoms with Gasteiger partial charge in [-0.1, -0.05) is 0 Å². The van der Waals surface area contributed by atoms with Crippen LogP contribution in [0.4, 0.5) is 8.78 Å². The molecule has 4 heteroatoms. The van der Waals surface area contributed by atoms with Gasteiger partial charge >= 0.3 is 0 Å². The second-order valence-corrected chi connectivity index (χ2v) is 3.69. The molecular weight excluding hydrogens is 196 g/mol. The molecule has 0 saturated heterocycles. The van der Waals surface area contributed by atoms with Crippen molar-refractivity contribution in [2.75, 3.05) is 13.6 Å². The highest BCUT2D eigenvalue weighted by Crippen LogP contribution is 2.37. The minimum absolute atomic E-state index is 0. The van der Waals surface area contributed by atoms with Gasteiger partial charge in [0.2, 0.25) is 5.92 Å². The standard InChI is InChI=1S/C9H17F2N.ClH/c1-12-7-4-8-2-5-9(10,11)6-3-8;/h8,12H,2-7H2,1H3;1H. The fourth-order valence-electron chi connectivity index (χ4n) is 1.74. The van der Waals surface area contributed by atoms with E-state index in [0.717, 1.165) is 13.0 Å². The van der Waals surface area contributed by atoms with Crippen LogP contribution in [0.5, 0.6) is 0 Å². The Labute approximate surface area is 84.7 Å². The summed E-state index contributed by atoms with van der Waals surface area (Å²) in [4.78, 5) is 0. The molecule has 0 aromatic heterocycles. The van der Waals surface area contributed by atoms with Gasteiger partial charge in [-0.05, 0) is 38.8 Å². The summed E-state index contributed by atoms with van der Waals surface area (Å²) in [6, 6.07) is 0. The van der Waals surface area contributed by atoms with Gasteiger partial charge in [-0.15, -0.1) is 12.4 Å². The molecule has 1 nitrogen and oxygen atoms in total. The van der Waals surface area contributed by atoms with Crippen LogP contribution in [0.15, 0.2) is 0 Å². The molecule has 0 atom stereocenters. The van der Waals surface area contributed by atoms with Gasteiger partial charge in [0.25, 0.3) is 0 Å². The highest BCUT2D eigenvalue weighted by Gasteiger charge is 2.34. The number of alkyl halides is 2. The van der Waals surface area contributed by atoms with Gasteiger partial charge in [-0.3, -0.25) is 0 Å². The van der Waals surface area contributed by atoms with Gasteiger partial charge in [-0.25, -0.2) is 8.78 Å². The zero-order chi connectivity index (χ0) is 9.03. The topological polar surface area (TPSA) is 12.0 Å². The van der Waals surface area contributed by atoms with Crippen LogP contribution in [-0.2, 0) is 0 Å². The van der Waals surface area contributed by atoms with Crippen molar-refractivity contribution < 1.29 is 8.78 Å². The van der Waals surface area contributed by atoms with E-state index in [4.69, 9.17) is 0 Å². The van der Waals surface area contributed by atoms with Crippen molar-refractivity contribution in [1.82, 2.24) is 5.32 Å². The number of rotatable bonds is 3. The van der Waals surface area contributed by atoms with Crippen molar-refractivity contribution in [1.29, 1.82) is 0 Å². The van der Waals surface area contributed by atoms with E-state index >= 15 is 0 Å². The Morgan fingerprint density at radius 1 is 1.31 bits per heavy atom. The number of nitrogens with one attached hydrogen (secondary N) is 1. The highest BCUT2D eigenvalue weighted by atomic mass is 35.5. The van der Waals surface area contributed by atoms with Gasteiger partial charge < -0.3 is 5.32 Å².